The molecular formula is C15H13ClN2O3. The van der Waals surface area contributed by atoms with E-state index in [-0.39, 0.29) is 17.2 Å². The number of nitrogens with two attached hydrogens (primary N) is 2. The Labute approximate surface area is 126 Å². The van der Waals surface area contributed by atoms with E-state index < -0.39 is 11.9 Å². The molecule has 0 aliphatic rings. The first kappa shape index (κ1) is 14.9. The first-order chi connectivity index (χ1) is 9.99. The van der Waals surface area contributed by atoms with Gasteiger partial charge in [0, 0.05) is 5.56 Å². The van der Waals surface area contributed by atoms with Crippen LogP contribution in [0.15, 0.2) is 42.5 Å². The third-order valence-electron chi connectivity index (χ3n) is 2.83. The number of carbonyl (C=O) groups excluding carboxylic acids is 2. The van der Waals surface area contributed by atoms with Crippen LogP contribution in [0.5, 0.6) is 0 Å². The number of nitrogen functional groups attached to an aromatic ring is 1. The summed E-state index contributed by atoms with van der Waals surface area (Å²) in [5.41, 5.74) is 12.3. The number of hydrogen-bond donors (Lipinski definition) is 2. The van der Waals surface area contributed by atoms with Crippen LogP contribution in [-0.4, -0.2) is 11.9 Å². The molecule has 108 valence electrons. The summed E-state index contributed by atoms with van der Waals surface area (Å²) in [6, 6.07) is 11.3. The van der Waals surface area contributed by atoms with Crippen LogP contribution in [0.4, 0.5) is 5.69 Å². The molecule has 0 radical (unpaired) electrons. The number of esters is 1. The van der Waals surface area contributed by atoms with Crippen LogP contribution >= 0.6 is 11.6 Å². The molecule has 1 amide bonds. The number of halogens is 1. The molecule has 2 aromatic rings. The Morgan fingerprint density at radius 2 is 1.86 bits per heavy atom. The molecule has 6 heteroatoms. The first-order valence-corrected chi connectivity index (χ1v) is 6.46. The highest BCUT2D eigenvalue weighted by Crippen LogP contribution is 2.24. The lowest BCUT2D eigenvalue weighted by Gasteiger charge is -2.08. The third-order valence-corrected chi connectivity index (χ3v) is 3.25. The molecule has 2 aromatic carbocycles. The Kier molecular flexibility index (Phi) is 4.45. The maximum absolute atomic E-state index is 12.0. The average Bonchev–Trinajstić information content (AvgIpc) is 2.48. The monoisotopic (exact) mass is 304 g/mol. The second kappa shape index (κ2) is 6.28. The Morgan fingerprint density at radius 3 is 2.57 bits per heavy atom. The molecule has 0 unspecified atom stereocenters. The van der Waals surface area contributed by atoms with Gasteiger partial charge in [-0.25, -0.2) is 4.79 Å². The van der Waals surface area contributed by atoms with E-state index in [1.807, 2.05) is 0 Å². The van der Waals surface area contributed by atoms with E-state index in [0.29, 0.717) is 16.8 Å². The van der Waals surface area contributed by atoms with Gasteiger partial charge in [0.15, 0.2) is 0 Å². The predicted molar refractivity (Wildman–Crippen MR) is 79.9 cm³/mol. The zero-order valence-electron chi connectivity index (χ0n) is 11.0. The van der Waals surface area contributed by atoms with Gasteiger partial charge in [-0.1, -0.05) is 29.8 Å². The van der Waals surface area contributed by atoms with Crippen LogP contribution in [0.2, 0.25) is 5.02 Å². The quantitative estimate of drug-likeness (QED) is 0.669. The van der Waals surface area contributed by atoms with Gasteiger partial charge in [-0.15, -0.1) is 0 Å². The van der Waals surface area contributed by atoms with Crippen molar-refractivity contribution in [2.24, 2.45) is 5.73 Å². The minimum Gasteiger partial charge on any atom is -0.457 e. The van der Waals surface area contributed by atoms with E-state index in [0.717, 1.165) is 0 Å². The highest BCUT2D eigenvalue weighted by atomic mass is 35.5. The maximum Gasteiger partial charge on any atom is 0.340 e. The molecule has 0 spiro atoms. The number of anilines is 1. The Bertz CT molecular complexity index is 701. The van der Waals surface area contributed by atoms with Gasteiger partial charge >= 0.3 is 5.97 Å². The third kappa shape index (κ3) is 3.52. The molecule has 5 nitrogen and oxygen atoms in total. The largest absolute Gasteiger partial charge is 0.457 e. The van der Waals surface area contributed by atoms with Gasteiger partial charge in [0.1, 0.15) is 6.61 Å². The number of amides is 1. The smallest absolute Gasteiger partial charge is 0.340 e. The van der Waals surface area contributed by atoms with E-state index in [1.165, 1.54) is 6.07 Å². The van der Waals surface area contributed by atoms with Crippen LogP contribution in [-0.2, 0) is 11.3 Å². The molecule has 4 N–H and O–H groups in total. The van der Waals surface area contributed by atoms with Crippen molar-refractivity contribution in [1.29, 1.82) is 0 Å². The van der Waals surface area contributed by atoms with E-state index in [2.05, 4.69) is 0 Å². The van der Waals surface area contributed by atoms with Gasteiger partial charge in [-0.05, 0) is 29.8 Å². The number of carbonyl (C=O) groups is 2. The van der Waals surface area contributed by atoms with Gasteiger partial charge in [0.25, 0.3) is 0 Å². The predicted octanol–water partition coefficient (Wildman–Crippen LogP) is 2.38. The van der Waals surface area contributed by atoms with Crippen LogP contribution in [0, 0.1) is 0 Å². The number of ether oxygens (including phenoxy) is 1. The molecule has 21 heavy (non-hydrogen) atoms. The maximum atomic E-state index is 12.0. The summed E-state index contributed by atoms with van der Waals surface area (Å²) in [5, 5.41) is 0.161. The lowest BCUT2D eigenvalue weighted by atomic mass is 10.1. The molecule has 0 bridgehead atoms. The molecular weight excluding hydrogens is 292 g/mol. The van der Waals surface area contributed by atoms with Crippen LogP contribution in [0.1, 0.15) is 26.3 Å². The molecule has 0 saturated carbocycles. The summed E-state index contributed by atoms with van der Waals surface area (Å²) in [6.45, 7) is 0.00504. The lowest BCUT2D eigenvalue weighted by molar-refractivity contribution is 0.0473. The van der Waals surface area contributed by atoms with Crippen molar-refractivity contribution >= 4 is 29.2 Å². The van der Waals surface area contributed by atoms with Gasteiger partial charge in [-0.2, -0.15) is 0 Å². The summed E-state index contributed by atoms with van der Waals surface area (Å²) in [7, 11) is 0. The molecule has 0 heterocycles. The number of rotatable bonds is 4. The summed E-state index contributed by atoms with van der Waals surface area (Å²) in [4.78, 5) is 23.0. The van der Waals surface area contributed by atoms with Gasteiger partial charge < -0.3 is 16.2 Å². The SMILES string of the molecule is NC(=O)c1cccc(COC(=O)c2cccc(N)c2Cl)c1. The van der Waals surface area contributed by atoms with Crippen molar-refractivity contribution in [3.8, 4) is 0 Å². The fraction of sp³-hybridized carbons (Fsp3) is 0.0667. The normalized spacial score (nSPS) is 10.1. The molecule has 0 aromatic heterocycles. The average molecular weight is 305 g/mol. The summed E-state index contributed by atoms with van der Waals surface area (Å²) in [5.74, 6) is -1.13. The number of hydrogen-bond acceptors (Lipinski definition) is 4. The minimum absolute atomic E-state index is 0.00504. The molecule has 0 aliphatic carbocycles. The Balaban J connectivity index is 2.09. The first-order valence-electron chi connectivity index (χ1n) is 6.09. The molecule has 2 rings (SSSR count). The number of primary amides is 1. The standard InChI is InChI=1S/C15H13ClN2O3/c16-13-11(5-2-6-12(13)17)15(20)21-8-9-3-1-4-10(7-9)14(18)19/h1-7H,8,17H2,(H2,18,19). The minimum atomic E-state index is -0.586. The zero-order valence-corrected chi connectivity index (χ0v) is 11.8. The molecule has 0 atom stereocenters. The lowest BCUT2D eigenvalue weighted by Crippen LogP contribution is -2.11. The molecule has 0 saturated heterocycles. The number of benzene rings is 2. The van der Waals surface area contributed by atoms with Crippen LogP contribution in [0.3, 0.4) is 0 Å². The Morgan fingerprint density at radius 1 is 1.14 bits per heavy atom. The van der Waals surface area contributed by atoms with E-state index in [9.17, 15) is 9.59 Å². The molecule has 0 fully saturated rings. The summed E-state index contributed by atoms with van der Waals surface area (Å²) < 4.78 is 5.15. The topological polar surface area (TPSA) is 95.4 Å². The van der Waals surface area contributed by atoms with Crippen molar-refractivity contribution in [2.75, 3.05) is 5.73 Å². The van der Waals surface area contributed by atoms with Gasteiger partial charge in [-0.3, -0.25) is 4.79 Å². The van der Waals surface area contributed by atoms with E-state index in [4.69, 9.17) is 27.8 Å². The van der Waals surface area contributed by atoms with Gasteiger partial charge in [0.05, 0.1) is 16.3 Å². The fourth-order valence-corrected chi connectivity index (χ4v) is 1.95. The molecule has 0 aliphatic heterocycles. The van der Waals surface area contributed by atoms with Crippen molar-refractivity contribution in [3.63, 3.8) is 0 Å². The van der Waals surface area contributed by atoms with Crippen LogP contribution in [0.25, 0.3) is 0 Å². The summed E-state index contributed by atoms with van der Waals surface area (Å²) >= 11 is 5.95. The van der Waals surface area contributed by atoms with Crippen molar-refractivity contribution in [2.45, 2.75) is 6.61 Å². The van der Waals surface area contributed by atoms with Crippen LogP contribution < -0.4 is 11.5 Å². The second-order valence-corrected chi connectivity index (χ2v) is 4.73. The fourth-order valence-electron chi connectivity index (χ4n) is 1.75. The van der Waals surface area contributed by atoms with Crippen molar-refractivity contribution in [3.05, 3.63) is 64.2 Å². The zero-order chi connectivity index (χ0) is 15.4. The van der Waals surface area contributed by atoms with Gasteiger partial charge in [0.2, 0.25) is 5.91 Å². The van der Waals surface area contributed by atoms with Crippen molar-refractivity contribution in [1.82, 2.24) is 0 Å². The van der Waals surface area contributed by atoms with E-state index in [1.54, 1.807) is 36.4 Å². The van der Waals surface area contributed by atoms with Crippen molar-refractivity contribution < 1.29 is 14.3 Å². The van der Waals surface area contributed by atoms with E-state index >= 15 is 0 Å². The summed E-state index contributed by atoms with van der Waals surface area (Å²) in [6.07, 6.45) is 0. The Hall–Kier alpha value is -2.53. The highest BCUT2D eigenvalue weighted by Gasteiger charge is 2.13. The second-order valence-electron chi connectivity index (χ2n) is 4.35. The highest BCUT2D eigenvalue weighted by molar-refractivity contribution is 6.36.